The molecule has 0 unspecified atom stereocenters. The molecule has 1 aromatic rings. The van der Waals surface area contributed by atoms with Gasteiger partial charge in [-0.15, -0.1) is 0 Å². The van der Waals surface area contributed by atoms with Crippen molar-refractivity contribution >= 4 is 5.91 Å². The van der Waals surface area contributed by atoms with E-state index in [4.69, 9.17) is 4.74 Å². The SMILES string of the molecule is O=C(c1ccccc1OC1CCCC1)N1CC[C@]2(O)CCCC[C@@H]2C1. The van der Waals surface area contributed by atoms with E-state index >= 15 is 0 Å². The summed E-state index contributed by atoms with van der Waals surface area (Å²) < 4.78 is 6.15. The Labute approximate surface area is 150 Å². The molecule has 3 aliphatic rings. The summed E-state index contributed by atoms with van der Waals surface area (Å²) in [6.45, 7) is 1.32. The number of ether oxygens (including phenoxy) is 1. The van der Waals surface area contributed by atoms with Crippen LogP contribution < -0.4 is 4.74 Å². The van der Waals surface area contributed by atoms with E-state index < -0.39 is 5.60 Å². The highest BCUT2D eigenvalue weighted by atomic mass is 16.5. The molecule has 136 valence electrons. The van der Waals surface area contributed by atoms with Crippen LogP contribution in [0.3, 0.4) is 0 Å². The van der Waals surface area contributed by atoms with Crippen molar-refractivity contribution in [1.82, 2.24) is 4.90 Å². The lowest BCUT2D eigenvalue weighted by Crippen LogP contribution is -2.54. The molecule has 25 heavy (non-hydrogen) atoms. The molecule has 0 radical (unpaired) electrons. The van der Waals surface area contributed by atoms with Crippen molar-refractivity contribution in [3.63, 3.8) is 0 Å². The minimum atomic E-state index is -0.547. The molecular formula is C21H29NO3. The van der Waals surface area contributed by atoms with Gasteiger partial charge in [-0.25, -0.2) is 0 Å². The molecule has 4 heteroatoms. The Morgan fingerprint density at radius 2 is 1.84 bits per heavy atom. The average molecular weight is 343 g/mol. The molecule has 4 nitrogen and oxygen atoms in total. The lowest BCUT2D eigenvalue weighted by molar-refractivity contribution is -0.0886. The van der Waals surface area contributed by atoms with Gasteiger partial charge in [-0.05, 0) is 57.1 Å². The van der Waals surface area contributed by atoms with Gasteiger partial charge in [0.05, 0.1) is 17.3 Å². The molecule has 1 aromatic carbocycles. The Bertz CT molecular complexity index is 625. The van der Waals surface area contributed by atoms with E-state index in [1.165, 1.54) is 12.8 Å². The summed E-state index contributed by atoms with van der Waals surface area (Å²) in [5, 5.41) is 10.8. The number of para-hydroxylation sites is 1. The van der Waals surface area contributed by atoms with Crippen molar-refractivity contribution in [2.24, 2.45) is 5.92 Å². The van der Waals surface area contributed by atoms with Gasteiger partial charge >= 0.3 is 0 Å². The van der Waals surface area contributed by atoms with Crippen molar-refractivity contribution < 1.29 is 14.6 Å². The number of amides is 1. The molecule has 2 atom stereocenters. The molecule has 1 aliphatic heterocycles. The van der Waals surface area contributed by atoms with Gasteiger partial charge < -0.3 is 14.7 Å². The molecule has 0 bridgehead atoms. The first-order valence-corrected chi connectivity index (χ1v) is 9.93. The summed E-state index contributed by atoms with van der Waals surface area (Å²) in [6, 6.07) is 7.66. The first-order chi connectivity index (χ1) is 12.2. The van der Waals surface area contributed by atoms with E-state index in [2.05, 4.69) is 0 Å². The molecule has 3 fully saturated rings. The van der Waals surface area contributed by atoms with Crippen molar-refractivity contribution in [2.45, 2.75) is 69.5 Å². The average Bonchev–Trinajstić information content (AvgIpc) is 3.14. The molecule has 0 spiro atoms. The summed E-state index contributed by atoms with van der Waals surface area (Å²) in [5.74, 6) is 1.01. The Kier molecular flexibility index (Phi) is 4.72. The molecule has 1 amide bonds. The first-order valence-electron chi connectivity index (χ1n) is 9.93. The molecule has 0 aromatic heterocycles. The zero-order chi connectivity index (χ0) is 17.3. The molecule has 2 aliphatic carbocycles. The van der Waals surface area contributed by atoms with Crippen LogP contribution in [0.25, 0.3) is 0 Å². The smallest absolute Gasteiger partial charge is 0.257 e. The maximum absolute atomic E-state index is 13.1. The van der Waals surface area contributed by atoms with Gasteiger partial charge in [0.2, 0.25) is 0 Å². The maximum Gasteiger partial charge on any atom is 0.257 e. The predicted molar refractivity (Wildman–Crippen MR) is 96.8 cm³/mol. The Balaban J connectivity index is 1.49. The minimum absolute atomic E-state index is 0.0567. The van der Waals surface area contributed by atoms with Crippen LogP contribution in [-0.2, 0) is 0 Å². The third-order valence-electron chi connectivity index (χ3n) is 6.43. The van der Waals surface area contributed by atoms with Crippen molar-refractivity contribution in [3.8, 4) is 5.75 Å². The van der Waals surface area contributed by atoms with E-state index in [1.54, 1.807) is 0 Å². The number of rotatable bonds is 3. The van der Waals surface area contributed by atoms with Gasteiger partial charge in [-0.3, -0.25) is 4.79 Å². The van der Waals surface area contributed by atoms with E-state index in [0.29, 0.717) is 25.1 Å². The highest BCUT2D eigenvalue weighted by Gasteiger charge is 2.44. The number of piperidine rings is 1. The minimum Gasteiger partial charge on any atom is -0.490 e. The second-order valence-electron chi connectivity index (χ2n) is 8.07. The number of nitrogens with zero attached hydrogens (tertiary/aromatic N) is 1. The summed E-state index contributed by atoms with van der Waals surface area (Å²) in [4.78, 5) is 15.1. The lowest BCUT2D eigenvalue weighted by atomic mass is 9.71. The fourth-order valence-corrected chi connectivity index (χ4v) is 4.86. The number of aliphatic hydroxyl groups is 1. The van der Waals surface area contributed by atoms with Crippen LogP contribution in [0.5, 0.6) is 5.75 Å². The number of benzene rings is 1. The fourth-order valence-electron chi connectivity index (χ4n) is 4.86. The van der Waals surface area contributed by atoms with Gasteiger partial charge in [0, 0.05) is 19.0 Å². The van der Waals surface area contributed by atoms with Gasteiger partial charge in [0.15, 0.2) is 0 Å². The van der Waals surface area contributed by atoms with E-state index in [1.807, 2.05) is 29.2 Å². The lowest BCUT2D eigenvalue weighted by Gasteiger charge is -2.47. The summed E-state index contributed by atoms with van der Waals surface area (Å²) in [5.41, 5.74) is 0.130. The van der Waals surface area contributed by atoms with Crippen molar-refractivity contribution in [3.05, 3.63) is 29.8 Å². The van der Waals surface area contributed by atoms with Gasteiger partial charge in [-0.2, -0.15) is 0 Å². The number of hydrogen-bond acceptors (Lipinski definition) is 3. The van der Waals surface area contributed by atoms with Gasteiger partial charge in [0.1, 0.15) is 5.75 Å². The summed E-state index contributed by atoms with van der Waals surface area (Å²) >= 11 is 0. The van der Waals surface area contributed by atoms with Crippen molar-refractivity contribution in [2.75, 3.05) is 13.1 Å². The Hall–Kier alpha value is -1.55. The fraction of sp³-hybridized carbons (Fsp3) is 0.667. The first kappa shape index (κ1) is 16.9. The van der Waals surface area contributed by atoms with Crippen LogP contribution >= 0.6 is 0 Å². The molecular weight excluding hydrogens is 314 g/mol. The maximum atomic E-state index is 13.1. The van der Waals surface area contributed by atoms with Gasteiger partial charge in [-0.1, -0.05) is 25.0 Å². The van der Waals surface area contributed by atoms with Crippen molar-refractivity contribution in [1.29, 1.82) is 0 Å². The third kappa shape index (κ3) is 3.41. The second-order valence-corrected chi connectivity index (χ2v) is 8.07. The van der Waals surface area contributed by atoms with Crippen LogP contribution in [0.2, 0.25) is 0 Å². The number of fused-ring (bicyclic) bond motifs is 1. The largest absolute Gasteiger partial charge is 0.490 e. The van der Waals surface area contributed by atoms with Crippen LogP contribution in [0.4, 0.5) is 0 Å². The monoisotopic (exact) mass is 343 g/mol. The standard InChI is InChI=1S/C21H29NO3/c23-20(22-14-13-21(24)12-6-5-7-16(21)15-22)18-10-3-4-11-19(18)25-17-8-1-2-9-17/h3-4,10-11,16-17,24H,1-2,5-9,12-15H2/t16-,21-/m1/s1. The summed E-state index contributed by atoms with van der Waals surface area (Å²) in [7, 11) is 0. The Morgan fingerprint density at radius 3 is 2.68 bits per heavy atom. The molecule has 1 saturated heterocycles. The third-order valence-corrected chi connectivity index (χ3v) is 6.43. The quantitative estimate of drug-likeness (QED) is 0.909. The van der Waals surface area contributed by atoms with E-state index in [0.717, 1.165) is 44.3 Å². The molecule has 4 rings (SSSR count). The number of hydrogen-bond donors (Lipinski definition) is 1. The topological polar surface area (TPSA) is 49.8 Å². The van der Waals surface area contributed by atoms with Crippen LogP contribution in [0.1, 0.15) is 68.1 Å². The normalized spacial score (nSPS) is 30.1. The zero-order valence-corrected chi connectivity index (χ0v) is 15.0. The highest BCUT2D eigenvalue weighted by molar-refractivity contribution is 5.97. The van der Waals surface area contributed by atoms with Gasteiger partial charge in [0.25, 0.3) is 5.91 Å². The molecule has 2 saturated carbocycles. The summed E-state index contributed by atoms with van der Waals surface area (Å²) in [6.07, 6.45) is 9.74. The zero-order valence-electron chi connectivity index (χ0n) is 15.0. The molecule has 1 heterocycles. The number of likely N-dealkylation sites (tertiary alicyclic amines) is 1. The Morgan fingerprint density at radius 1 is 1.08 bits per heavy atom. The molecule has 1 N–H and O–H groups in total. The number of carbonyl (C=O) groups is 1. The van der Waals surface area contributed by atoms with Crippen LogP contribution in [0, 0.1) is 5.92 Å². The predicted octanol–water partition coefficient (Wildman–Crippen LogP) is 3.78. The van der Waals surface area contributed by atoms with E-state index in [9.17, 15) is 9.90 Å². The van der Waals surface area contributed by atoms with E-state index in [-0.39, 0.29) is 17.9 Å². The van der Waals surface area contributed by atoms with Crippen LogP contribution in [0.15, 0.2) is 24.3 Å². The van der Waals surface area contributed by atoms with Crippen LogP contribution in [-0.4, -0.2) is 40.7 Å². The number of carbonyl (C=O) groups excluding carboxylic acids is 1. The second kappa shape index (κ2) is 6.99. The highest BCUT2D eigenvalue weighted by Crippen LogP contribution is 2.40.